The fourth-order valence-electron chi connectivity index (χ4n) is 1.38. The van der Waals surface area contributed by atoms with Crippen molar-refractivity contribution in [2.24, 2.45) is 0 Å². The summed E-state index contributed by atoms with van der Waals surface area (Å²) in [6.07, 6.45) is -1.03. The van der Waals surface area contributed by atoms with Gasteiger partial charge in [-0.3, -0.25) is 4.79 Å². The number of aliphatic hydroxyl groups is 1. The van der Waals surface area contributed by atoms with Gasteiger partial charge in [-0.25, -0.2) is 4.39 Å². The van der Waals surface area contributed by atoms with Crippen LogP contribution in [0.5, 0.6) is 0 Å². The molecule has 2 aromatic rings. The van der Waals surface area contributed by atoms with Gasteiger partial charge in [0.15, 0.2) is 5.69 Å². The lowest BCUT2D eigenvalue weighted by Gasteiger charge is -2.12. The largest absolute Gasteiger partial charge is 0.387 e. The summed E-state index contributed by atoms with van der Waals surface area (Å²) in [7, 11) is 0. The van der Waals surface area contributed by atoms with Crippen LogP contribution in [0.4, 0.5) is 4.39 Å². The fourth-order valence-corrected chi connectivity index (χ4v) is 1.93. The standard InChI is InChI=1S/C11H9ClFN3O2S/c12-7-2-1-6(3-8(7)13)10(17)4-14-11(18)9-5-19-16-15-9/h1-3,5,10,17H,4H2,(H,14,18). The highest BCUT2D eigenvalue weighted by molar-refractivity contribution is 7.03. The van der Waals surface area contributed by atoms with Crippen LogP contribution in [-0.4, -0.2) is 27.1 Å². The highest BCUT2D eigenvalue weighted by atomic mass is 35.5. The van der Waals surface area contributed by atoms with E-state index >= 15 is 0 Å². The molecular weight excluding hydrogens is 293 g/mol. The van der Waals surface area contributed by atoms with Gasteiger partial charge < -0.3 is 10.4 Å². The number of nitrogens with one attached hydrogen (secondary N) is 1. The number of aliphatic hydroxyl groups excluding tert-OH is 1. The predicted octanol–water partition coefficient (Wildman–Crippen LogP) is 1.79. The van der Waals surface area contributed by atoms with Gasteiger partial charge in [-0.05, 0) is 29.2 Å². The molecule has 1 amide bonds. The van der Waals surface area contributed by atoms with Crippen molar-refractivity contribution in [1.82, 2.24) is 14.9 Å². The molecule has 2 N–H and O–H groups in total. The van der Waals surface area contributed by atoms with Gasteiger partial charge in [0.05, 0.1) is 11.1 Å². The summed E-state index contributed by atoms with van der Waals surface area (Å²) >= 11 is 6.59. The third kappa shape index (κ3) is 3.46. The molecule has 8 heteroatoms. The summed E-state index contributed by atoms with van der Waals surface area (Å²) in [5, 5.41) is 17.4. The maximum Gasteiger partial charge on any atom is 0.272 e. The van der Waals surface area contributed by atoms with Crippen molar-refractivity contribution in [3.05, 3.63) is 45.7 Å². The Bertz CT molecular complexity index is 579. The maximum atomic E-state index is 13.2. The van der Waals surface area contributed by atoms with E-state index in [9.17, 15) is 14.3 Å². The minimum absolute atomic E-state index is 0.0199. The molecule has 0 radical (unpaired) electrons. The van der Waals surface area contributed by atoms with Gasteiger partial charge in [0.2, 0.25) is 0 Å². The first-order chi connectivity index (χ1) is 9.08. The molecule has 0 aliphatic rings. The number of nitrogens with zero attached hydrogens (tertiary/aromatic N) is 2. The van der Waals surface area contributed by atoms with Gasteiger partial charge in [0, 0.05) is 11.9 Å². The van der Waals surface area contributed by atoms with Crippen LogP contribution in [0, 0.1) is 5.82 Å². The van der Waals surface area contributed by atoms with Gasteiger partial charge in [-0.1, -0.05) is 22.2 Å². The van der Waals surface area contributed by atoms with E-state index in [-0.39, 0.29) is 17.3 Å². The Labute approximate surface area is 117 Å². The molecule has 0 bridgehead atoms. The zero-order valence-electron chi connectivity index (χ0n) is 9.51. The van der Waals surface area contributed by atoms with Gasteiger partial charge in [0.1, 0.15) is 5.82 Å². The SMILES string of the molecule is O=C(NCC(O)c1ccc(Cl)c(F)c1)c1csnn1. The summed E-state index contributed by atoms with van der Waals surface area (Å²) in [5.74, 6) is -1.06. The third-order valence-electron chi connectivity index (χ3n) is 2.38. The molecule has 1 aromatic heterocycles. The normalized spacial score (nSPS) is 12.2. The Morgan fingerprint density at radius 2 is 2.37 bits per heavy atom. The maximum absolute atomic E-state index is 13.2. The Balaban J connectivity index is 1.95. The third-order valence-corrected chi connectivity index (χ3v) is 3.19. The zero-order chi connectivity index (χ0) is 13.8. The molecule has 0 spiro atoms. The molecule has 1 heterocycles. The molecule has 0 saturated carbocycles. The number of carbonyl (C=O) groups is 1. The summed E-state index contributed by atoms with van der Waals surface area (Å²) in [5.41, 5.74) is 0.512. The Hall–Kier alpha value is -1.57. The van der Waals surface area contributed by atoms with Crippen LogP contribution in [0.2, 0.25) is 5.02 Å². The van der Waals surface area contributed by atoms with Gasteiger partial charge >= 0.3 is 0 Å². The summed E-state index contributed by atoms with van der Waals surface area (Å²) in [6, 6.07) is 3.97. The Morgan fingerprint density at radius 1 is 1.58 bits per heavy atom. The average Bonchev–Trinajstić information content (AvgIpc) is 2.92. The number of aromatic nitrogens is 2. The van der Waals surface area contributed by atoms with E-state index in [2.05, 4.69) is 14.9 Å². The Morgan fingerprint density at radius 3 is 3.00 bits per heavy atom. The molecule has 1 aromatic carbocycles. The van der Waals surface area contributed by atoms with Crippen molar-refractivity contribution >= 4 is 29.0 Å². The molecule has 1 unspecified atom stereocenters. The predicted molar refractivity (Wildman–Crippen MR) is 68.6 cm³/mol. The van der Waals surface area contributed by atoms with Gasteiger partial charge in [-0.15, -0.1) is 5.10 Å². The smallest absolute Gasteiger partial charge is 0.272 e. The molecule has 5 nitrogen and oxygen atoms in total. The van der Waals surface area contributed by atoms with Crippen LogP contribution in [0.25, 0.3) is 0 Å². The van der Waals surface area contributed by atoms with Crippen molar-refractivity contribution in [1.29, 1.82) is 0 Å². The first-order valence-corrected chi connectivity index (χ1v) is 6.47. The van der Waals surface area contributed by atoms with Crippen LogP contribution >= 0.6 is 23.1 Å². The van der Waals surface area contributed by atoms with Gasteiger partial charge in [0.25, 0.3) is 5.91 Å². The number of carbonyl (C=O) groups excluding carboxylic acids is 1. The monoisotopic (exact) mass is 301 g/mol. The molecule has 2 rings (SSSR count). The van der Waals surface area contributed by atoms with Crippen LogP contribution < -0.4 is 5.32 Å². The van der Waals surface area contributed by atoms with Crippen LogP contribution in [0.3, 0.4) is 0 Å². The number of amides is 1. The molecule has 0 aliphatic carbocycles. The lowest BCUT2D eigenvalue weighted by molar-refractivity contribution is 0.0911. The van der Waals surface area contributed by atoms with Crippen LogP contribution in [0.1, 0.15) is 22.2 Å². The van der Waals surface area contributed by atoms with E-state index < -0.39 is 17.8 Å². The fraction of sp³-hybridized carbons (Fsp3) is 0.182. The lowest BCUT2D eigenvalue weighted by Crippen LogP contribution is -2.28. The number of hydrogen-bond acceptors (Lipinski definition) is 5. The van der Waals surface area contributed by atoms with Crippen LogP contribution in [0.15, 0.2) is 23.6 Å². The van der Waals surface area contributed by atoms with E-state index in [0.717, 1.165) is 17.6 Å². The van der Waals surface area contributed by atoms with E-state index in [1.165, 1.54) is 17.5 Å². The van der Waals surface area contributed by atoms with E-state index in [1.807, 2.05) is 0 Å². The van der Waals surface area contributed by atoms with E-state index in [0.29, 0.717) is 5.56 Å². The minimum Gasteiger partial charge on any atom is -0.387 e. The summed E-state index contributed by atoms with van der Waals surface area (Å²) in [6.45, 7) is -0.0581. The molecule has 1 atom stereocenters. The number of hydrogen-bond donors (Lipinski definition) is 2. The van der Waals surface area contributed by atoms with Crippen molar-refractivity contribution in [2.75, 3.05) is 6.54 Å². The highest BCUT2D eigenvalue weighted by Gasteiger charge is 2.13. The number of benzene rings is 1. The second kappa shape index (κ2) is 6.05. The van der Waals surface area contributed by atoms with Crippen molar-refractivity contribution in [3.8, 4) is 0 Å². The Kier molecular flexibility index (Phi) is 4.41. The van der Waals surface area contributed by atoms with Crippen molar-refractivity contribution in [3.63, 3.8) is 0 Å². The molecule has 0 saturated heterocycles. The average molecular weight is 302 g/mol. The molecular formula is C11H9ClFN3O2S. The summed E-state index contributed by atoms with van der Waals surface area (Å²) in [4.78, 5) is 11.5. The lowest BCUT2D eigenvalue weighted by atomic mass is 10.1. The second-order valence-corrected chi connectivity index (χ2v) is 4.71. The second-order valence-electron chi connectivity index (χ2n) is 3.69. The zero-order valence-corrected chi connectivity index (χ0v) is 11.1. The molecule has 19 heavy (non-hydrogen) atoms. The number of rotatable bonds is 4. The summed E-state index contributed by atoms with van der Waals surface area (Å²) < 4.78 is 16.8. The quantitative estimate of drug-likeness (QED) is 0.903. The molecule has 0 fully saturated rings. The molecule has 100 valence electrons. The highest BCUT2D eigenvalue weighted by Crippen LogP contribution is 2.19. The van der Waals surface area contributed by atoms with Crippen LogP contribution in [-0.2, 0) is 0 Å². The van der Waals surface area contributed by atoms with Crippen molar-refractivity contribution in [2.45, 2.75) is 6.10 Å². The number of halogens is 2. The van der Waals surface area contributed by atoms with E-state index in [4.69, 9.17) is 11.6 Å². The topological polar surface area (TPSA) is 75.1 Å². The first kappa shape index (κ1) is 13.9. The van der Waals surface area contributed by atoms with E-state index in [1.54, 1.807) is 0 Å². The molecule has 0 aliphatic heterocycles. The first-order valence-electron chi connectivity index (χ1n) is 5.26. The minimum atomic E-state index is -1.03. The van der Waals surface area contributed by atoms with Gasteiger partial charge in [-0.2, -0.15) is 0 Å². The van der Waals surface area contributed by atoms with Crippen molar-refractivity contribution < 1.29 is 14.3 Å².